The summed E-state index contributed by atoms with van der Waals surface area (Å²) in [4.78, 5) is 0. The normalized spacial score (nSPS) is 17.4. The number of allylic oxidation sites excluding steroid dienone is 5. The van der Waals surface area contributed by atoms with Gasteiger partial charge in [0.2, 0.25) is 0 Å². The third-order valence-corrected chi connectivity index (χ3v) is 13.0. The molecular formula is C21H19F2HfP. The minimum atomic E-state index is -0.860. The first-order valence-electron chi connectivity index (χ1n) is 8.07. The van der Waals surface area contributed by atoms with Gasteiger partial charge < -0.3 is 9.41 Å². The SMILES string of the molecule is Cc1ccccc1PC1=Cc2ccccc2[CH]1[Hf+2][C]1=CC=CC1.[F-].[F-]. The number of hydrogen-bond donors (Lipinski definition) is 0. The zero-order chi connectivity index (χ0) is 15.6. The Hall–Kier alpha value is -1.18. The Morgan fingerprint density at radius 1 is 1.00 bits per heavy atom. The Bertz CT molecular complexity index is 839. The van der Waals surface area contributed by atoms with Crippen molar-refractivity contribution >= 4 is 20.0 Å². The van der Waals surface area contributed by atoms with E-state index in [0.717, 1.165) is 12.3 Å². The van der Waals surface area contributed by atoms with Crippen LogP contribution in [0, 0.1) is 6.92 Å². The van der Waals surface area contributed by atoms with Crippen LogP contribution in [0.5, 0.6) is 0 Å². The van der Waals surface area contributed by atoms with Crippen molar-refractivity contribution in [2.24, 2.45) is 0 Å². The predicted molar refractivity (Wildman–Crippen MR) is 98.1 cm³/mol. The molecule has 0 bridgehead atoms. The molecule has 2 unspecified atom stereocenters. The van der Waals surface area contributed by atoms with Gasteiger partial charge in [-0.3, -0.25) is 0 Å². The second-order valence-electron chi connectivity index (χ2n) is 6.07. The molecule has 0 aliphatic heterocycles. The van der Waals surface area contributed by atoms with E-state index in [9.17, 15) is 0 Å². The van der Waals surface area contributed by atoms with E-state index in [1.54, 1.807) is 14.2 Å². The molecule has 2 atom stereocenters. The van der Waals surface area contributed by atoms with Gasteiger partial charge in [-0.25, -0.2) is 0 Å². The third kappa shape index (κ3) is 4.33. The van der Waals surface area contributed by atoms with Gasteiger partial charge >= 0.3 is 152 Å². The maximum Gasteiger partial charge on any atom is -1.00 e. The second kappa shape index (κ2) is 8.96. The maximum absolute atomic E-state index is 2.49. The summed E-state index contributed by atoms with van der Waals surface area (Å²) in [5.41, 5.74) is 4.49. The van der Waals surface area contributed by atoms with Crippen molar-refractivity contribution in [3.05, 3.63) is 92.1 Å². The Kier molecular flexibility index (Phi) is 7.22. The molecule has 2 aromatic rings. The molecule has 0 nitrogen and oxygen atoms in total. The zero-order valence-corrected chi connectivity index (χ0v) is 18.6. The molecule has 2 aliphatic rings. The van der Waals surface area contributed by atoms with Gasteiger partial charge in [-0.15, -0.1) is 0 Å². The largest absolute Gasteiger partial charge is 1.00 e. The monoisotopic (exact) mass is 520 g/mol. The van der Waals surface area contributed by atoms with Crippen LogP contribution in [0.25, 0.3) is 6.08 Å². The first-order valence-corrected chi connectivity index (χ1v) is 12.9. The second-order valence-corrected chi connectivity index (χ2v) is 12.9. The fourth-order valence-electron chi connectivity index (χ4n) is 3.20. The summed E-state index contributed by atoms with van der Waals surface area (Å²) in [6.07, 6.45) is 10.6. The number of aryl methyl sites for hydroxylation is 1. The van der Waals surface area contributed by atoms with Gasteiger partial charge in [0.05, 0.1) is 0 Å². The Morgan fingerprint density at radius 3 is 2.52 bits per heavy atom. The van der Waals surface area contributed by atoms with E-state index in [0.29, 0.717) is 0 Å². The van der Waals surface area contributed by atoms with Gasteiger partial charge in [-0.2, -0.15) is 0 Å². The Morgan fingerprint density at radius 2 is 1.76 bits per heavy atom. The van der Waals surface area contributed by atoms with Crippen LogP contribution in [0.4, 0.5) is 0 Å². The standard InChI is InChI=1S/C16H14P.C5H5.2FH.Hf/c1-12-6-2-5-9-16(12)17-15-10-13-7-3-4-8-14(13)11-15;1-2-4-5-3-1;;;/h2-11,17H,1H3;1-3H,4H2;2*1H;/q;;;;+2/p-2. The summed E-state index contributed by atoms with van der Waals surface area (Å²) in [5, 5.41) is 3.19. The van der Waals surface area contributed by atoms with Gasteiger partial charge in [0.1, 0.15) is 0 Å². The van der Waals surface area contributed by atoms with Crippen LogP contribution in [-0.4, -0.2) is 0 Å². The van der Waals surface area contributed by atoms with Crippen molar-refractivity contribution in [2.45, 2.75) is 17.0 Å². The van der Waals surface area contributed by atoms with Gasteiger partial charge in [-0.05, 0) is 0 Å². The van der Waals surface area contributed by atoms with Gasteiger partial charge in [0, 0.05) is 0 Å². The van der Waals surface area contributed by atoms with Crippen LogP contribution in [0.2, 0.25) is 0 Å². The molecule has 0 spiro atoms. The number of hydrogen-bond acceptors (Lipinski definition) is 0. The summed E-state index contributed by atoms with van der Waals surface area (Å²) in [7, 11) is 0.818. The minimum absolute atomic E-state index is 0. The first kappa shape index (κ1) is 20.1. The third-order valence-electron chi connectivity index (χ3n) is 4.45. The van der Waals surface area contributed by atoms with E-state index < -0.39 is 22.9 Å². The van der Waals surface area contributed by atoms with E-state index in [-0.39, 0.29) is 9.41 Å². The molecule has 25 heavy (non-hydrogen) atoms. The molecule has 0 fully saturated rings. The molecule has 126 valence electrons. The quantitative estimate of drug-likeness (QED) is 0.372. The molecule has 0 heterocycles. The van der Waals surface area contributed by atoms with Crippen LogP contribution in [-0.2, 0) is 22.9 Å². The smallest absolute Gasteiger partial charge is 1.00 e. The molecule has 4 heteroatoms. The van der Waals surface area contributed by atoms with Crippen LogP contribution >= 0.6 is 8.58 Å². The Labute approximate surface area is 161 Å². The Balaban J connectivity index is 0.00000113. The molecule has 2 aliphatic carbocycles. The summed E-state index contributed by atoms with van der Waals surface area (Å²) in [6.45, 7) is 2.24. The molecule has 0 saturated heterocycles. The van der Waals surface area contributed by atoms with Gasteiger partial charge in [0.25, 0.3) is 0 Å². The molecule has 0 aromatic heterocycles. The minimum Gasteiger partial charge on any atom is -1.00 e. The van der Waals surface area contributed by atoms with E-state index in [1.807, 2.05) is 0 Å². The predicted octanol–water partition coefficient (Wildman–Crippen LogP) is -0.671. The molecule has 0 N–H and O–H groups in total. The fraction of sp³-hybridized carbons (Fsp3) is 0.143. The molecule has 4 rings (SSSR count). The van der Waals surface area contributed by atoms with E-state index >= 15 is 0 Å². The van der Waals surface area contributed by atoms with Crippen molar-refractivity contribution in [2.75, 3.05) is 0 Å². The molecule has 0 radical (unpaired) electrons. The van der Waals surface area contributed by atoms with Crippen molar-refractivity contribution in [3.63, 3.8) is 0 Å². The van der Waals surface area contributed by atoms with Crippen molar-refractivity contribution < 1.29 is 32.3 Å². The maximum atomic E-state index is 2.49. The number of fused-ring (bicyclic) bond motifs is 1. The van der Waals surface area contributed by atoms with Crippen molar-refractivity contribution in [3.8, 4) is 0 Å². The van der Waals surface area contributed by atoms with E-state index in [4.69, 9.17) is 0 Å². The van der Waals surface area contributed by atoms with E-state index in [2.05, 4.69) is 79.8 Å². The molecular weight excluding hydrogens is 500 g/mol. The summed E-state index contributed by atoms with van der Waals surface area (Å²) < 4.78 is 2.50. The number of rotatable bonds is 4. The van der Waals surface area contributed by atoms with Crippen LogP contribution in [0.3, 0.4) is 0 Å². The summed E-state index contributed by atoms with van der Waals surface area (Å²) in [5.74, 6) is 0. The van der Waals surface area contributed by atoms with Crippen LogP contribution < -0.4 is 14.7 Å². The van der Waals surface area contributed by atoms with Crippen molar-refractivity contribution in [1.82, 2.24) is 0 Å². The van der Waals surface area contributed by atoms with E-state index in [1.165, 1.54) is 22.9 Å². The zero-order valence-electron chi connectivity index (χ0n) is 14.0. The van der Waals surface area contributed by atoms with Crippen LogP contribution in [0.1, 0.15) is 26.8 Å². The summed E-state index contributed by atoms with van der Waals surface area (Å²) >= 11 is -0.860. The van der Waals surface area contributed by atoms with Gasteiger partial charge in [-0.1, -0.05) is 0 Å². The topological polar surface area (TPSA) is 0 Å². The summed E-state index contributed by atoms with van der Waals surface area (Å²) in [6, 6.07) is 17.9. The number of benzene rings is 2. The van der Waals surface area contributed by atoms with Crippen molar-refractivity contribution in [1.29, 1.82) is 0 Å². The average Bonchev–Trinajstić information content (AvgIpc) is 3.19. The average molecular weight is 519 g/mol. The molecule has 0 amide bonds. The first-order chi connectivity index (χ1) is 11.3. The molecule has 0 saturated carbocycles. The molecule has 2 aromatic carbocycles. The van der Waals surface area contributed by atoms with Crippen LogP contribution in [0.15, 0.2) is 75.4 Å². The van der Waals surface area contributed by atoms with Gasteiger partial charge in [0.15, 0.2) is 0 Å². The number of halogens is 2. The fourth-order valence-corrected chi connectivity index (χ4v) is 11.1.